The molecule has 2 aromatic rings. The zero-order valence-corrected chi connectivity index (χ0v) is 13.1. The van der Waals surface area contributed by atoms with E-state index in [0.717, 1.165) is 16.3 Å². The zero-order chi connectivity index (χ0) is 14.7. The molecule has 0 unspecified atom stereocenters. The lowest BCUT2D eigenvalue weighted by molar-refractivity contribution is 0.564. The minimum absolute atomic E-state index is 0.183. The molecule has 2 rings (SSSR count). The molecule has 0 saturated carbocycles. The third-order valence-corrected chi connectivity index (χ3v) is 4.17. The largest absolute Gasteiger partial charge is 0.310 e. The van der Waals surface area contributed by atoms with E-state index in [1.54, 1.807) is 10.7 Å². The highest BCUT2D eigenvalue weighted by molar-refractivity contribution is 7.99. The normalized spacial score (nSPS) is 11.3. The van der Waals surface area contributed by atoms with E-state index in [2.05, 4.69) is 24.3 Å². The van der Waals surface area contributed by atoms with Crippen LogP contribution in [0.5, 0.6) is 0 Å². The number of nitrogens with zero attached hydrogens (tertiary/aromatic N) is 2. The second-order valence-electron chi connectivity index (χ2n) is 5.11. The number of benzene rings is 1. The molecule has 1 aromatic heterocycles. The van der Waals surface area contributed by atoms with Gasteiger partial charge in [0.15, 0.2) is 0 Å². The van der Waals surface area contributed by atoms with Crippen molar-refractivity contribution in [1.82, 2.24) is 15.1 Å². The van der Waals surface area contributed by atoms with Crippen molar-refractivity contribution in [2.75, 3.05) is 0 Å². The maximum absolute atomic E-state index is 14.1. The van der Waals surface area contributed by atoms with Gasteiger partial charge in [-0.3, -0.25) is 4.68 Å². The molecule has 1 N–H and O–H groups in total. The molecular weight excluding hydrogens is 273 g/mol. The highest BCUT2D eigenvalue weighted by atomic mass is 32.2. The Hall–Kier alpha value is -1.33. The molecule has 0 aliphatic carbocycles. The van der Waals surface area contributed by atoms with E-state index in [0.29, 0.717) is 17.5 Å². The lowest BCUT2D eigenvalue weighted by Gasteiger charge is -2.13. The molecule has 0 bridgehead atoms. The molecule has 0 amide bonds. The van der Waals surface area contributed by atoms with Gasteiger partial charge in [-0.05, 0) is 24.6 Å². The quantitative estimate of drug-likeness (QED) is 0.915. The lowest BCUT2D eigenvalue weighted by atomic mass is 10.2. The van der Waals surface area contributed by atoms with Gasteiger partial charge in [0, 0.05) is 19.6 Å². The number of rotatable bonds is 5. The third kappa shape index (κ3) is 3.61. The van der Waals surface area contributed by atoms with Crippen molar-refractivity contribution in [2.24, 2.45) is 7.05 Å². The van der Waals surface area contributed by atoms with Crippen molar-refractivity contribution in [3.05, 3.63) is 41.3 Å². The Morgan fingerprint density at radius 3 is 2.75 bits per heavy atom. The summed E-state index contributed by atoms with van der Waals surface area (Å²) in [5.41, 5.74) is 1.91. The molecule has 0 fully saturated rings. The summed E-state index contributed by atoms with van der Waals surface area (Å²) >= 11 is 1.43. The van der Waals surface area contributed by atoms with Crippen molar-refractivity contribution in [1.29, 1.82) is 0 Å². The molecule has 5 heteroatoms. The summed E-state index contributed by atoms with van der Waals surface area (Å²) in [6.07, 6.45) is 0. The first-order valence-corrected chi connectivity index (χ1v) is 7.48. The fraction of sp³-hybridized carbons (Fsp3) is 0.400. The van der Waals surface area contributed by atoms with E-state index >= 15 is 0 Å². The predicted octanol–water partition coefficient (Wildman–Crippen LogP) is 3.52. The second kappa shape index (κ2) is 6.41. The Morgan fingerprint density at radius 2 is 2.15 bits per heavy atom. The van der Waals surface area contributed by atoms with Gasteiger partial charge in [-0.15, -0.1) is 0 Å². The van der Waals surface area contributed by atoms with Crippen LogP contribution in [0.15, 0.2) is 34.2 Å². The van der Waals surface area contributed by atoms with E-state index in [-0.39, 0.29) is 5.82 Å². The Bertz CT molecular complexity index is 593. The van der Waals surface area contributed by atoms with Gasteiger partial charge in [-0.25, -0.2) is 4.39 Å². The van der Waals surface area contributed by atoms with E-state index < -0.39 is 0 Å². The lowest BCUT2D eigenvalue weighted by Crippen LogP contribution is -2.22. The first-order chi connectivity index (χ1) is 9.47. The first-order valence-electron chi connectivity index (χ1n) is 6.66. The molecule has 0 spiro atoms. The highest BCUT2D eigenvalue weighted by Gasteiger charge is 2.13. The van der Waals surface area contributed by atoms with Gasteiger partial charge in [0.05, 0.1) is 15.6 Å². The molecule has 1 aromatic carbocycles. The fourth-order valence-corrected chi connectivity index (χ4v) is 2.96. The van der Waals surface area contributed by atoms with Crippen LogP contribution in [0.1, 0.15) is 25.1 Å². The van der Waals surface area contributed by atoms with Gasteiger partial charge >= 0.3 is 0 Å². The maximum Gasteiger partial charge on any atom is 0.137 e. The first kappa shape index (κ1) is 15.1. The van der Waals surface area contributed by atoms with Gasteiger partial charge < -0.3 is 5.32 Å². The van der Waals surface area contributed by atoms with Crippen LogP contribution in [0.25, 0.3) is 0 Å². The molecule has 0 aliphatic rings. The van der Waals surface area contributed by atoms with Crippen LogP contribution in [0.2, 0.25) is 0 Å². The fourth-order valence-electron chi connectivity index (χ4n) is 1.91. The monoisotopic (exact) mass is 293 g/mol. The van der Waals surface area contributed by atoms with Crippen molar-refractivity contribution >= 4 is 11.8 Å². The van der Waals surface area contributed by atoms with Gasteiger partial charge in [0.2, 0.25) is 0 Å². The summed E-state index contributed by atoms with van der Waals surface area (Å²) in [5, 5.41) is 8.57. The summed E-state index contributed by atoms with van der Waals surface area (Å²) in [5.74, 6) is -0.183. The molecular formula is C15H20FN3S. The van der Waals surface area contributed by atoms with Crippen LogP contribution in [0.4, 0.5) is 4.39 Å². The number of hydrogen-bond donors (Lipinski definition) is 1. The van der Waals surface area contributed by atoms with Gasteiger partial charge in [0.1, 0.15) is 5.82 Å². The number of aryl methyl sites for hydroxylation is 2. The van der Waals surface area contributed by atoms with Crippen molar-refractivity contribution < 1.29 is 4.39 Å². The zero-order valence-electron chi connectivity index (χ0n) is 12.3. The van der Waals surface area contributed by atoms with E-state index in [1.807, 2.05) is 26.1 Å². The van der Waals surface area contributed by atoms with Crippen molar-refractivity contribution in [3.8, 4) is 0 Å². The minimum Gasteiger partial charge on any atom is -0.310 e. The molecule has 20 heavy (non-hydrogen) atoms. The third-order valence-electron chi connectivity index (χ3n) is 2.91. The summed E-state index contributed by atoms with van der Waals surface area (Å²) < 4.78 is 15.9. The molecule has 108 valence electrons. The smallest absolute Gasteiger partial charge is 0.137 e. The predicted molar refractivity (Wildman–Crippen MR) is 80.4 cm³/mol. The standard InChI is InChI=1S/C15H20FN3S/c1-10(2)17-9-12-6-5-7-13(16)15(12)20-14-8-11(3)18-19(14)4/h5-8,10,17H,9H2,1-4H3. The van der Waals surface area contributed by atoms with Crippen molar-refractivity contribution in [2.45, 2.75) is 43.3 Å². The number of nitrogens with one attached hydrogen (secondary N) is 1. The summed E-state index contributed by atoms with van der Waals surface area (Å²) in [6, 6.07) is 7.56. The Kier molecular flexibility index (Phi) is 4.83. The average Bonchev–Trinajstić information content (AvgIpc) is 2.68. The van der Waals surface area contributed by atoms with E-state index in [1.165, 1.54) is 17.8 Å². The van der Waals surface area contributed by atoms with Crippen molar-refractivity contribution in [3.63, 3.8) is 0 Å². The summed E-state index contributed by atoms with van der Waals surface area (Å²) in [6.45, 7) is 6.76. The Balaban J connectivity index is 2.27. The van der Waals surface area contributed by atoms with Crippen LogP contribution >= 0.6 is 11.8 Å². The van der Waals surface area contributed by atoms with Crippen LogP contribution in [-0.2, 0) is 13.6 Å². The Morgan fingerprint density at radius 1 is 1.40 bits per heavy atom. The molecule has 1 heterocycles. The maximum atomic E-state index is 14.1. The molecule has 0 aliphatic heterocycles. The minimum atomic E-state index is -0.183. The topological polar surface area (TPSA) is 29.9 Å². The van der Waals surface area contributed by atoms with Crippen LogP contribution in [-0.4, -0.2) is 15.8 Å². The van der Waals surface area contributed by atoms with Crippen LogP contribution < -0.4 is 5.32 Å². The number of hydrogen-bond acceptors (Lipinski definition) is 3. The Labute approximate surface area is 123 Å². The van der Waals surface area contributed by atoms with Gasteiger partial charge in [-0.1, -0.05) is 37.7 Å². The molecule has 0 atom stereocenters. The van der Waals surface area contributed by atoms with Gasteiger partial charge in [0.25, 0.3) is 0 Å². The van der Waals surface area contributed by atoms with Crippen LogP contribution in [0, 0.1) is 12.7 Å². The van der Waals surface area contributed by atoms with E-state index in [4.69, 9.17) is 0 Å². The van der Waals surface area contributed by atoms with Gasteiger partial charge in [-0.2, -0.15) is 5.10 Å². The average molecular weight is 293 g/mol. The van der Waals surface area contributed by atoms with Crippen LogP contribution in [0.3, 0.4) is 0 Å². The highest BCUT2D eigenvalue weighted by Crippen LogP contribution is 2.32. The SMILES string of the molecule is Cc1cc(Sc2c(F)cccc2CNC(C)C)n(C)n1. The number of aromatic nitrogens is 2. The second-order valence-corrected chi connectivity index (χ2v) is 6.14. The molecule has 3 nitrogen and oxygen atoms in total. The summed E-state index contributed by atoms with van der Waals surface area (Å²) in [4.78, 5) is 0.670. The van der Waals surface area contributed by atoms with E-state index in [9.17, 15) is 4.39 Å². The molecule has 0 radical (unpaired) electrons. The number of halogens is 1. The summed E-state index contributed by atoms with van der Waals surface area (Å²) in [7, 11) is 1.88. The molecule has 0 saturated heterocycles.